The SMILES string of the molecule is CC(C1CCCC1)n1nnnc1-c1ccc(F)cc1N. The summed E-state index contributed by atoms with van der Waals surface area (Å²) in [6.45, 7) is 2.13. The van der Waals surface area contributed by atoms with Crippen LogP contribution >= 0.6 is 0 Å². The lowest BCUT2D eigenvalue weighted by atomic mass is 9.99. The Kier molecular flexibility index (Phi) is 3.38. The van der Waals surface area contributed by atoms with Crippen molar-refractivity contribution in [1.82, 2.24) is 20.2 Å². The van der Waals surface area contributed by atoms with Gasteiger partial charge in [0.1, 0.15) is 5.82 Å². The minimum atomic E-state index is -0.353. The average Bonchev–Trinajstić information content (AvgIpc) is 3.09. The van der Waals surface area contributed by atoms with E-state index in [2.05, 4.69) is 22.4 Å². The monoisotopic (exact) mass is 275 g/mol. The molecule has 3 rings (SSSR count). The second-order valence-corrected chi connectivity index (χ2v) is 5.46. The Morgan fingerprint density at radius 1 is 1.35 bits per heavy atom. The second-order valence-electron chi connectivity index (χ2n) is 5.46. The molecule has 1 aromatic heterocycles. The van der Waals surface area contributed by atoms with E-state index in [9.17, 15) is 4.39 Å². The van der Waals surface area contributed by atoms with E-state index in [-0.39, 0.29) is 11.9 Å². The first-order valence-corrected chi connectivity index (χ1v) is 7.00. The normalized spacial score (nSPS) is 17.5. The molecule has 1 heterocycles. The summed E-state index contributed by atoms with van der Waals surface area (Å²) in [5.41, 5.74) is 6.93. The van der Waals surface area contributed by atoms with Gasteiger partial charge in [0.05, 0.1) is 6.04 Å². The van der Waals surface area contributed by atoms with Crippen molar-refractivity contribution < 1.29 is 4.39 Å². The molecule has 2 aromatic rings. The number of nitrogens with two attached hydrogens (primary N) is 1. The molecule has 0 amide bonds. The highest BCUT2D eigenvalue weighted by Crippen LogP contribution is 2.35. The summed E-state index contributed by atoms with van der Waals surface area (Å²) >= 11 is 0. The van der Waals surface area contributed by atoms with E-state index in [1.807, 2.05) is 4.68 Å². The number of nitrogens with zero attached hydrogens (tertiary/aromatic N) is 4. The lowest BCUT2D eigenvalue weighted by Gasteiger charge is -2.20. The predicted molar refractivity (Wildman–Crippen MR) is 74.3 cm³/mol. The fourth-order valence-electron chi connectivity index (χ4n) is 3.02. The van der Waals surface area contributed by atoms with Gasteiger partial charge >= 0.3 is 0 Å². The van der Waals surface area contributed by atoms with Gasteiger partial charge in [-0.3, -0.25) is 0 Å². The zero-order valence-electron chi connectivity index (χ0n) is 11.5. The van der Waals surface area contributed by atoms with Gasteiger partial charge in [0, 0.05) is 11.3 Å². The number of hydrogen-bond acceptors (Lipinski definition) is 4. The maximum Gasteiger partial charge on any atom is 0.184 e. The van der Waals surface area contributed by atoms with Crippen molar-refractivity contribution in [3.8, 4) is 11.4 Å². The van der Waals surface area contributed by atoms with Crippen molar-refractivity contribution in [2.75, 3.05) is 5.73 Å². The van der Waals surface area contributed by atoms with Gasteiger partial charge in [-0.15, -0.1) is 5.10 Å². The van der Waals surface area contributed by atoms with Crippen molar-refractivity contribution in [3.05, 3.63) is 24.0 Å². The standard InChI is InChI=1S/C14H18FN5/c1-9(10-4-2-3-5-10)20-14(17-18-19-20)12-7-6-11(15)8-13(12)16/h6-10H,2-5,16H2,1H3. The molecule has 106 valence electrons. The van der Waals surface area contributed by atoms with E-state index in [0.717, 1.165) is 0 Å². The topological polar surface area (TPSA) is 69.6 Å². The average molecular weight is 275 g/mol. The summed E-state index contributed by atoms with van der Waals surface area (Å²) in [4.78, 5) is 0. The molecule has 1 saturated carbocycles. The maximum absolute atomic E-state index is 13.2. The predicted octanol–water partition coefficient (Wildman–Crippen LogP) is 2.81. The van der Waals surface area contributed by atoms with Crippen LogP contribution in [-0.2, 0) is 0 Å². The van der Waals surface area contributed by atoms with Crippen LogP contribution in [0.25, 0.3) is 11.4 Å². The number of tetrazole rings is 1. The third-order valence-corrected chi connectivity index (χ3v) is 4.22. The van der Waals surface area contributed by atoms with Crippen LogP contribution in [0.2, 0.25) is 0 Å². The van der Waals surface area contributed by atoms with E-state index in [0.29, 0.717) is 23.0 Å². The van der Waals surface area contributed by atoms with Gasteiger partial charge in [-0.05, 0) is 54.3 Å². The lowest BCUT2D eigenvalue weighted by molar-refractivity contribution is 0.332. The largest absolute Gasteiger partial charge is 0.398 e. The van der Waals surface area contributed by atoms with Crippen LogP contribution in [0.5, 0.6) is 0 Å². The maximum atomic E-state index is 13.2. The molecule has 0 aliphatic heterocycles. The van der Waals surface area contributed by atoms with Gasteiger partial charge in [0.2, 0.25) is 0 Å². The smallest absolute Gasteiger partial charge is 0.184 e. The zero-order chi connectivity index (χ0) is 14.1. The summed E-state index contributed by atoms with van der Waals surface area (Å²) in [6, 6.07) is 4.54. The number of rotatable bonds is 3. The molecule has 1 atom stereocenters. The van der Waals surface area contributed by atoms with Crippen LogP contribution in [-0.4, -0.2) is 20.2 Å². The summed E-state index contributed by atoms with van der Waals surface area (Å²) in [6.07, 6.45) is 4.95. The summed E-state index contributed by atoms with van der Waals surface area (Å²) < 4.78 is 15.0. The number of aromatic nitrogens is 4. The van der Waals surface area contributed by atoms with Crippen LogP contribution in [0.3, 0.4) is 0 Å². The number of nitrogen functional groups attached to an aromatic ring is 1. The molecule has 6 heteroatoms. The molecule has 0 saturated heterocycles. The first-order valence-electron chi connectivity index (χ1n) is 7.00. The van der Waals surface area contributed by atoms with Crippen LogP contribution in [0.1, 0.15) is 38.6 Å². The Bertz CT molecular complexity index is 603. The van der Waals surface area contributed by atoms with Crippen LogP contribution < -0.4 is 5.73 Å². The highest BCUT2D eigenvalue weighted by Gasteiger charge is 2.26. The molecular formula is C14H18FN5. The third-order valence-electron chi connectivity index (χ3n) is 4.22. The van der Waals surface area contributed by atoms with E-state index < -0.39 is 0 Å². The van der Waals surface area contributed by atoms with Crippen molar-refractivity contribution >= 4 is 5.69 Å². The molecular weight excluding hydrogens is 257 g/mol. The highest BCUT2D eigenvalue weighted by atomic mass is 19.1. The van der Waals surface area contributed by atoms with Crippen LogP contribution in [0.4, 0.5) is 10.1 Å². The van der Waals surface area contributed by atoms with Crippen molar-refractivity contribution in [1.29, 1.82) is 0 Å². The number of anilines is 1. The molecule has 1 aromatic carbocycles. The third kappa shape index (κ3) is 2.26. The molecule has 1 aliphatic rings. The minimum Gasteiger partial charge on any atom is -0.398 e. The van der Waals surface area contributed by atoms with Crippen molar-refractivity contribution in [3.63, 3.8) is 0 Å². The molecule has 1 fully saturated rings. The van der Waals surface area contributed by atoms with E-state index >= 15 is 0 Å². The van der Waals surface area contributed by atoms with Gasteiger partial charge in [-0.2, -0.15) is 0 Å². The Morgan fingerprint density at radius 2 is 2.10 bits per heavy atom. The first-order chi connectivity index (χ1) is 9.66. The van der Waals surface area contributed by atoms with Crippen molar-refractivity contribution in [2.24, 2.45) is 5.92 Å². The van der Waals surface area contributed by atoms with Gasteiger partial charge in [-0.25, -0.2) is 9.07 Å². The Morgan fingerprint density at radius 3 is 2.80 bits per heavy atom. The second kappa shape index (κ2) is 5.19. The first kappa shape index (κ1) is 13.0. The zero-order valence-corrected chi connectivity index (χ0v) is 11.5. The fraction of sp³-hybridized carbons (Fsp3) is 0.500. The summed E-state index contributed by atoms with van der Waals surface area (Å²) in [7, 11) is 0. The minimum absolute atomic E-state index is 0.229. The molecule has 1 aliphatic carbocycles. The Hall–Kier alpha value is -1.98. The Labute approximate surface area is 117 Å². The molecule has 0 spiro atoms. The van der Waals surface area contributed by atoms with Gasteiger partial charge in [0.25, 0.3) is 0 Å². The molecule has 5 nitrogen and oxygen atoms in total. The summed E-state index contributed by atoms with van der Waals surface area (Å²) in [5.74, 6) is 0.856. The molecule has 1 unspecified atom stereocenters. The van der Waals surface area contributed by atoms with Gasteiger partial charge < -0.3 is 5.73 Å². The number of benzene rings is 1. The molecule has 2 N–H and O–H groups in total. The summed E-state index contributed by atoms with van der Waals surface area (Å²) in [5, 5.41) is 11.9. The van der Waals surface area contributed by atoms with E-state index in [1.54, 1.807) is 6.07 Å². The molecule has 0 radical (unpaired) electrons. The quantitative estimate of drug-likeness (QED) is 0.874. The van der Waals surface area contributed by atoms with E-state index in [4.69, 9.17) is 5.73 Å². The molecule has 20 heavy (non-hydrogen) atoms. The number of halogens is 1. The van der Waals surface area contributed by atoms with Gasteiger partial charge in [0.15, 0.2) is 5.82 Å². The molecule has 0 bridgehead atoms. The van der Waals surface area contributed by atoms with Gasteiger partial charge in [-0.1, -0.05) is 12.8 Å². The van der Waals surface area contributed by atoms with E-state index in [1.165, 1.54) is 37.8 Å². The Balaban J connectivity index is 1.97. The lowest BCUT2D eigenvalue weighted by Crippen LogP contribution is -2.17. The van der Waals surface area contributed by atoms with Crippen LogP contribution in [0, 0.1) is 11.7 Å². The van der Waals surface area contributed by atoms with Crippen LogP contribution in [0.15, 0.2) is 18.2 Å². The van der Waals surface area contributed by atoms with Crippen molar-refractivity contribution in [2.45, 2.75) is 38.6 Å². The fourth-order valence-corrected chi connectivity index (χ4v) is 3.02. The number of hydrogen-bond donors (Lipinski definition) is 1. The highest BCUT2D eigenvalue weighted by molar-refractivity contribution is 5.71.